The number of morpholine rings is 1. The van der Waals surface area contributed by atoms with E-state index in [1.54, 1.807) is 0 Å². The summed E-state index contributed by atoms with van der Waals surface area (Å²) in [5.74, 6) is -0.410. The van der Waals surface area contributed by atoms with Gasteiger partial charge in [-0.1, -0.05) is 23.8 Å². The number of hydrogen-bond donors (Lipinski definition) is 2. The zero-order valence-electron chi connectivity index (χ0n) is 13.5. The quantitative estimate of drug-likeness (QED) is 0.895. The Labute approximate surface area is 135 Å². The standard InChI is InChI=1S/C17H22N4O2/c1-11-4-3-5-13(6-11)16-14(7-19-20-16)9-21-8-12(2)23-15(10-21)17(18)22/h3-7,12,15H,8-10H2,1-2H3,(H2,18,22)(H,19,20)/t12-,15?/m1/s1. The molecular formula is C17H22N4O2. The number of carbonyl (C=O) groups excluding carboxylic acids is 1. The van der Waals surface area contributed by atoms with Crippen LogP contribution in [0.1, 0.15) is 18.1 Å². The molecular weight excluding hydrogens is 292 g/mol. The number of ether oxygens (including phenoxy) is 1. The molecule has 1 aliphatic heterocycles. The fourth-order valence-electron chi connectivity index (χ4n) is 3.05. The molecule has 6 heteroatoms. The smallest absolute Gasteiger partial charge is 0.247 e. The minimum atomic E-state index is -0.548. The normalized spacial score (nSPS) is 22.2. The van der Waals surface area contributed by atoms with E-state index in [9.17, 15) is 4.79 Å². The lowest BCUT2D eigenvalue weighted by Gasteiger charge is -2.35. The number of primary amides is 1. The third-order valence-corrected chi connectivity index (χ3v) is 4.07. The molecule has 3 rings (SSSR count). The van der Waals surface area contributed by atoms with Crippen LogP contribution in [0.5, 0.6) is 0 Å². The van der Waals surface area contributed by atoms with Gasteiger partial charge in [-0.05, 0) is 19.9 Å². The number of rotatable bonds is 4. The Hall–Kier alpha value is -2.18. The molecule has 0 saturated carbocycles. The topological polar surface area (TPSA) is 84.2 Å². The molecule has 1 fully saturated rings. The van der Waals surface area contributed by atoms with Gasteiger partial charge in [0.1, 0.15) is 6.10 Å². The second kappa shape index (κ2) is 6.52. The summed E-state index contributed by atoms with van der Waals surface area (Å²) in [5, 5.41) is 7.28. The summed E-state index contributed by atoms with van der Waals surface area (Å²) in [6, 6.07) is 8.30. The van der Waals surface area contributed by atoms with E-state index in [0.717, 1.165) is 23.4 Å². The zero-order chi connectivity index (χ0) is 16.4. The van der Waals surface area contributed by atoms with Crippen molar-refractivity contribution in [3.05, 3.63) is 41.6 Å². The number of aromatic nitrogens is 2. The number of carbonyl (C=O) groups is 1. The molecule has 2 atom stereocenters. The number of nitrogens with one attached hydrogen (secondary N) is 1. The van der Waals surface area contributed by atoms with E-state index >= 15 is 0 Å². The third-order valence-electron chi connectivity index (χ3n) is 4.07. The van der Waals surface area contributed by atoms with E-state index in [2.05, 4.69) is 40.2 Å². The van der Waals surface area contributed by atoms with Gasteiger partial charge in [-0.25, -0.2) is 0 Å². The van der Waals surface area contributed by atoms with Crippen LogP contribution in [0.25, 0.3) is 11.3 Å². The van der Waals surface area contributed by atoms with Crippen molar-refractivity contribution < 1.29 is 9.53 Å². The summed E-state index contributed by atoms with van der Waals surface area (Å²) in [5.41, 5.74) is 9.84. The van der Waals surface area contributed by atoms with Gasteiger partial charge in [0, 0.05) is 30.8 Å². The van der Waals surface area contributed by atoms with Crippen molar-refractivity contribution >= 4 is 5.91 Å². The lowest BCUT2D eigenvalue weighted by Crippen LogP contribution is -2.51. The van der Waals surface area contributed by atoms with Crippen molar-refractivity contribution in [1.82, 2.24) is 15.1 Å². The monoisotopic (exact) mass is 314 g/mol. The number of hydrogen-bond acceptors (Lipinski definition) is 4. The van der Waals surface area contributed by atoms with Crippen molar-refractivity contribution in [1.29, 1.82) is 0 Å². The molecule has 23 heavy (non-hydrogen) atoms. The number of aromatic amines is 1. The SMILES string of the molecule is Cc1cccc(-c2[nH]ncc2CN2CC(C(N)=O)O[C@H](C)C2)c1. The summed E-state index contributed by atoms with van der Waals surface area (Å²) >= 11 is 0. The molecule has 6 nitrogen and oxygen atoms in total. The molecule has 1 amide bonds. The van der Waals surface area contributed by atoms with Gasteiger partial charge >= 0.3 is 0 Å². The summed E-state index contributed by atoms with van der Waals surface area (Å²) in [7, 11) is 0. The molecule has 2 heterocycles. The Bertz CT molecular complexity index is 697. The van der Waals surface area contributed by atoms with E-state index in [1.807, 2.05) is 19.2 Å². The predicted octanol–water partition coefficient (Wildman–Crippen LogP) is 1.46. The van der Waals surface area contributed by atoms with E-state index in [-0.39, 0.29) is 6.10 Å². The highest BCUT2D eigenvalue weighted by atomic mass is 16.5. The number of nitrogens with zero attached hydrogens (tertiary/aromatic N) is 2. The van der Waals surface area contributed by atoms with Crippen LogP contribution < -0.4 is 5.73 Å². The summed E-state index contributed by atoms with van der Waals surface area (Å²) in [4.78, 5) is 13.6. The highest BCUT2D eigenvalue weighted by Crippen LogP contribution is 2.24. The molecule has 3 N–H and O–H groups in total. The Morgan fingerprint density at radius 2 is 2.30 bits per heavy atom. The van der Waals surface area contributed by atoms with E-state index in [4.69, 9.17) is 10.5 Å². The van der Waals surface area contributed by atoms with Gasteiger partial charge in [0.05, 0.1) is 18.0 Å². The average molecular weight is 314 g/mol. The van der Waals surface area contributed by atoms with Crippen LogP contribution in [0.15, 0.2) is 30.5 Å². The van der Waals surface area contributed by atoms with Gasteiger partial charge in [-0.2, -0.15) is 5.10 Å². The summed E-state index contributed by atoms with van der Waals surface area (Å²) in [6.07, 6.45) is 1.28. The minimum Gasteiger partial charge on any atom is -0.367 e. The average Bonchev–Trinajstić information content (AvgIpc) is 2.94. The number of benzene rings is 1. The molecule has 1 aliphatic rings. The van der Waals surface area contributed by atoms with Crippen LogP contribution in [0, 0.1) is 6.92 Å². The van der Waals surface area contributed by atoms with Crippen LogP contribution in [0.4, 0.5) is 0 Å². The van der Waals surface area contributed by atoms with E-state index in [0.29, 0.717) is 13.1 Å². The second-order valence-electron chi connectivity index (χ2n) is 6.17. The van der Waals surface area contributed by atoms with Crippen LogP contribution >= 0.6 is 0 Å². The Morgan fingerprint density at radius 3 is 3.04 bits per heavy atom. The summed E-state index contributed by atoms with van der Waals surface area (Å²) in [6.45, 7) is 6.01. The van der Waals surface area contributed by atoms with Crippen molar-refractivity contribution in [2.75, 3.05) is 13.1 Å². The molecule has 122 valence electrons. The van der Waals surface area contributed by atoms with E-state index < -0.39 is 12.0 Å². The van der Waals surface area contributed by atoms with Gasteiger partial charge in [-0.15, -0.1) is 0 Å². The largest absolute Gasteiger partial charge is 0.367 e. The fraction of sp³-hybridized carbons (Fsp3) is 0.412. The van der Waals surface area contributed by atoms with Crippen LogP contribution in [-0.2, 0) is 16.1 Å². The number of nitrogens with two attached hydrogens (primary N) is 1. The molecule has 0 spiro atoms. The predicted molar refractivity (Wildman–Crippen MR) is 87.6 cm³/mol. The molecule has 0 radical (unpaired) electrons. The van der Waals surface area contributed by atoms with Gasteiger partial charge in [0.15, 0.2) is 0 Å². The number of H-pyrrole nitrogens is 1. The fourth-order valence-corrected chi connectivity index (χ4v) is 3.05. The molecule has 0 aliphatic carbocycles. The van der Waals surface area contributed by atoms with Gasteiger partial charge in [-0.3, -0.25) is 14.8 Å². The molecule has 1 unspecified atom stereocenters. The molecule has 1 aromatic carbocycles. The Balaban J connectivity index is 1.79. The number of amides is 1. The van der Waals surface area contributed by atoms with Gasteiger partial charge in [0.25, 0.3) is 0 Å². The molecule has 1 saturated heterocycles. The number of aryl methyl sites for hydroxylation is 1. The first-order valence-electron chi connectivity index (χ1n) is 7.79. The van der Waals surface area contributed by atoms with Crippen molar-refractivity contribution in [3.8, 4) is 11.3 Å². The van der Waals surface area contributed by atoms with Crippen LogP contribution in [-0.4, -0.2) is 46.3 Å². The van der Waals surface area contributed by atoms with Crippen molar-refractivity contribution in [2.45, 2.75) is 32.6 Å². The molecule has 2 aromatic rings. The minimum absolute atomic E-state index is 0.0180. The van der Waals surface area contributed by atoms with Gasteiger partial charge in [0.2, 0.25) is 5.91 Å². The second-order valence-corrected chi connectivity index (χ2v) is 6.17. The Kier molecular flexibility index (Phi) is 4.45. The van der Waals surface area contributed by atoms with Crippen LogP contribution in [0.2, 0.25) is 0 Å². The van der Waals surface area contributed by atoms with Crippen molar-refractivity contribution in [2.24, 2.45) is 5.73 Å². The first-order valence-corrected chi connectivity index (χ1v) is 7.79. The van der Waals surface area contributed by atoms with Crippen LogP contribution in [0.3, 0.4) is 0 Å². The zero-order valence-corrected chi connectivity index (χ0v) is 13.5. The lowest BCUT2D eigenvalue weighted by atomic mass is 10.0. The highest BCUT2D eigenvalue weighted by molar-refractivity contribution is 5.79. The maximum Gasteiger partial charge on any atom is 0.247 e. The molecule has 0 bridgehead atoms. The summed E-state index contributed by atoms with van der Waals surface area (Å²) < 4.78 is 5.59. The maximum absolute atomic E-state index is 11.4. The highest BCUT2D eigenvalue weighted by Gasteiger charge is 2.29. The first-order chi connectivity index (χ1) is 11.0. The lowest BCUT2D eigenvalue weighted by molar-refractivity contribution is -0.142. The van der Waals surface area contributed by atoms with Gasteiger partial charge < -0.3 is 10.5 Å². The Morgan fingerprint density at radius 1 is 1.48 bits per heavy atom. The van der Waals surface area contributed by atoms with Crippen molar-refractivity contribution in [3.63, 3.8) is 0 Å². The third kappa shape index (κ3) is 3.60. The van der Waals surface area contributed by atoms with E-state index in [1.165, 1.54) is 5.56 Å². The molecule has 1 aromatic heterocycles. The maximum atomic E-state index is 11.4. The first kappa shape index (κ1) is 15.7.